The minimum absolute atomic E-state index is 0.0951. The Bertz CT molecular complexity index is 995. The summed E-state index contributed by atoms with van der Waals surface area (Å²) < 4.78 is 6.01. The zero-order chi connectivity index (χ0) is 21.3. The van der Waals surface area contributed by atoms with Gasteiger partial charge in [0.1, 0.15) is 21.9 Å². The second-order valence-electron chi connectivity index (χ2n) is 6.83. The summed E-state index contributed by atoms with van der Waals surface area (Å²) in [6, 6.07) is 7.54. The summed E-state index contributed by atoms with van der Waals surface area (Å²) in [5, 5.41) is 10.4. The van der Waals surface area contributed by atoms with E-state index in [1.807, 2.05) is 13.8 Å². The monoisotopic (exact) mass is 469 g/mol. The van der Waals surface area contributed by atoms with Gasteiger partial charge >= 0.3 is 5.97 Å². The predicted molar refractivity (Wildman–Crippen MR) is 120 cm³/mol. The average molecular weight is 470 g/mol. The fraction of sp³-hybridized carbons (Fsp3) is 0.250. The number of benzene rings is 1. The van der Waals surface area contributed by atoms with Crippen LogP contribution in [0.5, 0.6) is 0 Å². The summed E-state index contributed by atoms with van der Waals surface area (Å²) in [6.07, 6.45) is 1.85. The van der Waals surface area contributed by atoms with Crippen molar-refractivity contribution >= 4 is 69.5 Å². The quantitative estimate of drug-likeness (QED) is 0.415. The van der Waals surface area contributed by atoms with Gasteiger partial charge in [-0.2, -0.15) is 0 Å². The molecule has 1 saturated heterocycles. The summed E-state index contributed by atoms with van der Waals surface area (Å²) in [7, 11) is 0. The SMILES string of the molecule is CC(C)CC(C(=O)O)N1C(=O)C(=Cc2ccc(-c3c(Cl)cccc3Cl)o2)SC1=S. The minimum atomic E-state index is -1.08. The molecule has 0 radical (unpaired) electrons. The normalized spacial score (nSPS) is 16.9. The van der Waals surface area contributed by atoms with E-state index in [9.17, 15) is 14.7 Å². The lowest BCUT2D eigenvalue weighted by atomic mass is 10.0. The molecule has 2 aromatic rings. The van der Waals surface area contributed by atoms with Crippen LogP contribution in [0.4, 0.5) is 0 Å². The number of thiocarbonyl (C=S) groups is 1. The lowest BCUT2D eigenvalue weighted by molar-refractivity contribution is -0.145. The van der Waals surface area contributed by atoms with Gasteiger partial charge in [0, 0.05) is 6.08 Å². The van der Waals surface area contributed by atoms with E-state index in [0.717, 1.165) is 11.8 Å². The summed E-state index contributed by atoms with van der Waals surface area (Å²) in [5.41, 5.74) is 0.561. The molecule has 5 nitrogen and oxygen atoms in total. The smallest absolute Gasteiger partial charge is 0.326 e. The number of halogens is 2. The van der Waals surface area contributed by atoms with E-state index < -0.39 is 17.9 Å². The van der Waals surface area contributed by atoms with E-state index in [4.69, 9.17) is 39.8 Å². The van der Waals surface area contributed by atoms with Crippen LogP contribution in [0.1, 0.15) is 26.0 Å². The van der Waals surface area contributed by atoms with Gasteiger partial charge in [-0.1, -0.05) is 67.1 Å². The molecule has 1 N–H and O–H groups in total. The number of carbonyl (C=O) groups is 2. The highest BCUT2D eigenvalue weighted by Gasteiger charge is 2.40. The van der Waals surface area contributed by atoms with Crippen molar-refractivity contribution in [2.45, 2.75) is 26.3 Å². The van der Waals surface area contributed by atoms with Gasteiger partial charge in [-0.3, -0.25) is 9.69 Å². The van der Waals surface area contributed by atoms with Crippen molar-refractivity contribution < 1.29 is 19.1 Å². The first kappa shape index (κ1) is 21.9. The third kappa shape index (κ3) is 4.69. The molecule has 3 rings (SSSR count). The number of nitrogens with zero attached hydrogens (tertiary/aromatic N) is 1. The molecule has 2 heterocycles. The topological polar surface area (TPSA) is 70.8 Å². The third-order valence-corrected chi connectivity index (χ3v) is 6.18. The zero-order valence-electron chi connectivity index (χ0n) is 15.5. The van der Waals surface area contributed by atoms with E-state index in [2.05, 4.69) is 0 Å². The Balaban J connectivity index is 1.89. The van der Waals surface area contributed by atoms with Crippen molar-refractivity contribution in [2.24, 2.45) is 5.92 Å². The fourth-order valence-electron chi connectivity index (χ4n) is 2.94. The molecule has 1 fully saturated rings. The number of hydrogen-bond donors (Lipinski definition) is 1. The van der Waals surface area contributed by atoms with Crippen molar-refractivity contribution in [3.63, 3.8) is 0 Å². The second-order valence-corrected chi connectivity index (χ2v) is 9.32. The van der Waals surface area contributed by atoms with Gasteiger partial charge in [0.25, 0.3) is 5.91 Å². The molecule has 0 saturated carbocycles. The Morgan fingerprint density at radius 1 is 1.28 bits per heavy atom. The van der Waals surface area contributed by atoms with Crippen LogP contribution >= 0.6 is 47.2 Å². The van der Waals surface area contributed by atoms with Crippen molar-refractivity contribution in [3.05, 3.63) is 51.0 Å². The van der Waals surface area contributed by atoms with Gasteiger partial charge in [-0.05, 0) is 36.6 Å². The van der Waals surface area contributed by atoms with Crippen LogP contribution in [0.3, 0.4) is 0 Å². The molecule has 1 amide bonds. The highest BCUT2D eigenvalue weighted by molar-refractivity contribution is 8.26. The van der Waals surface area contributed by atoms with Gasteiger partial charge < -0.3 is 9.52 Å². The van der Waals surface area contributed by atoms with Crippen LogP contribution in [0.25, 0.3) is 17.4 Å². The number of aliphatic carboxylic acids is 1. The van der Waals surface area contributed by atoms with Gasteiger partial charge in [-0.25, -0.2) is 4.79 Å². The number of rotatable bonds is 6. The fourth-order valence-corrected chi connectivity index (χ4v) is 4.86. The van der Waals surface area contributed by atoms with E-state index >= 15 is 0 Å². The Morgan fingerprint density at radius 2 is 1.93 bits per heavy atom. The Kier molecular flexibility index (Phi) is 6.73. The second kappa shape index (κ2) is 8.92. The first-order valence-corrected chi connectivity index (χ1v) is 10.7. The Morgan fingerprint density at radius 3 is 2.52 bits per heavy atom. The van der Waals surface area contributed by atoms with Gasteiger partial charge in [-0.15, -0.1) is 0 Å². The van der Waals surface area contributed by atoms with E-state index in [1.165, 1.54) is 4.90 Å². The molecule has 1 aromatic carbocycles. The number of amides is 1. The predicted octanol–water partition coefficient (Wildman–Crippen LogP) is 5.95. The summed E-state index contributed by atoms with van der Waals surface area (Å²) in [4.78, 5) is 26.0. The van der Waals surface area contributed by atoms with Gasteiger partial charge in [0.2, 0.25) is 0 Å². The molecule has 152 valence electrons. The van der Waals surface area contributed by atoms with Crippen LogP contribution in [0.15, 0.2) is 39.7 Å². The first-order chi connectivity index (χ1) is 13.7. The lowest BCUT2D eigenvalue weighted by Crippen LogP contribution is -2.44. The zero-order valence-corrected chi connectivity index (χ0v) is 18.7. The summed E-state index contributed by atoms with van der Waals surface area (Å²) in [6.45, 7) is 3.79. The average Bonchev–Trinajstić information content (AvgIpc) is 3.18. The largest absolute Gasteiger partial charge is 0.480 e. The Labute approximate surface area is 187 Å². The van der Waals surface area contributed by atoms with E-state index in [1.54, 1.807) is 36.4 Å². The molecule has 1 aliphatic rings. The van der Waals surface area contributed by atoms with Crippen molar-refractivity contribution in [1.29, 1.82) is 0 Å². The maximum atomic E-state index is 12.8. The van der Waals surface area contributed by atoms with Crippen LogP contribution in [0.2, 0.25) is 10.0 Å². The number of thioether (sulfide) groups is 1. The number of furan rings is 1. The standard InChI is InChI=1S/C20H17Cl2NO4S2/c1-10(2)8-14(19(25)26)23-18(24)16(29-20(23)28)9-11-6-7-15(27-11)17-12(21)4-3-5-13(17)22/h3-7,9-10,14H,8H2,1-2H3,(H,25,26). The minimum Gasteiger partial charge on any atom is -0.480 e. The van der Waals surface area contributed by atoms with Gasteiger partial charge in [0.15, 0.2) is 0 Å². The molecule has 1 atom stereocenters. The van der Waals surface area contributed by atoms with Crippen LogP contribution in [-0.4, -0.2) is 32.2 Å². The molecular formula is C20H17Cl2NO4S2. The molecule has 0 aliphatic carbocycles. The van der Waals surface area contributed by atoms with Crippen molar-refractivity contribution in [2.75, 3.05) is 0 Å². The van der Waals surface area contributed by atoms with Crippen LogP contribution < -0.4 is 0 Å². The maximum Gasteiger partial charge on any atom is 0.326 e. The van der Waals surface area contributed by atoms with Crippen molar-refractivity contribution in [1.82, 2.24) is 4.90 Å². The summed E-state index contributed by atoms with van der Waals surface area (Å²) >= 11 is 18.8. The maximum absolute atomic E-state index is 12.8. The first-order valence-electron chi connectivity index (χ1n) is 8.73. The van der Waals surface area contributed by atoms with E-state index in [-0.39, 0.29) is 10.2 Å². The molecule has 1 aromatic heterocycles. The Hall–Kier alpha value is -1.80. The molecule has 0 spiro atoms. The number of carboxylic acids is 1. The molecule has 29 heavy (non-hydrogen) atoms. The molecule has 9 heteroatoms. The highest BCUT2D eigenvalue weighted by Crippen LogP contribution is 2.38. The highest BCUT2D eigenvalue weighted by atomic mass is 35.5. The van der Waals surface area contributed by atoms with Crippen LogP contribution in [0, 0.1) is 5.92 Å². The number of carbonyl (C=O) groups excluding carboxylic acids is 1. The van der Waals surface area contributed by atoms with E-state index in [0.29, 0.717) is 38.5 Å². The molecular weight excluding hydrogens is 453 g/mol. The van der Waals surface area contributed by atoms with Crippen LogP contribution in [-0.2, 0) is 9.59 Å². The summed E-state index contributed by atoms with van der Waals surface area (Å²) in [5.74, 6) is -0.554. The third-order valence-electron chi connectivity index (χ3n) is 4.22. The molecule has 1 unspecified atom stereocenters. The number of hydrogen-bond acceptors (Lipinski definition) is 5. The molecule has 0 bridgehead atoms. The number of carboxylic acid groups (broad SMARTS) is 1. The van der Waals surface area contributed by atoms with Crippen molar-refractivity contribution in [3.8, 4) is 11.3 Å². The lowest BCUT2D eigenvalue weighted by Gasteiger charge is -2.24. The van der Waals surface area contributed by atoms with Gasteiger partial charge in [0.05, 0.1) is 20.5 Å². The molecule has 1 aliphatic heterocycles.